The zero-order chi connectivity index (χ0) is 9.23. The molecule has 0 atom stereocenters. The predicted molar refractivity (Wildman–Crippen MR) is 33.6 cm³/mol. The van der Waals surface area contributed by atoms with Crippen molar-refractivity contribution < 1.29 is 14.2 Å². The molecule has 0 spiro atoms. The van der Waals surface area contributed by atoms with Gasteiger partial charge in [-0.15, -0.1) is 0 Å². The van der Waals surface area contributed by atoms with E-state index in [2.05, 4.69) is 14.2 Å². The van der Waals surface area contributed by atoms with Crippen molar-refractivity contribution in [2.45, 2.75) is 6.10 Å². The lowest BCUT2D eigenvalue weighted by atomic mass is 10.4. The standard InChI is InChI=1S/C6H5N3O3/c7-3-10-1-6(12-5-9)2-11-4-8/h6H,1-2H2. The molecule has 0 aromatic rings. The van der Waals surface area contributed by atoms with Gasteiger partial charge in [-0.1, -0.05) is 0 Å². The second kappa shape index (κ2) is 6.98. The first-order chi connectivity index (χ1) is 5.85. The Labute approximate surface area is 69.1 Å². The molecule has 0 bridgehead atoms. The summed E-state index contributed by atoms with van der Waals surface area (Å²) in [6.07, 6.45) is 3.50. The van der Waals surface area contributed by atoms with E-state index in [-0.39, 0.29) is 13.2 Å². The second-order valence-corrected chi connectivity index (χ2v) is 1.64. The van der Waals surface area contributed by atoms with Gasteiger partial charge in [0, 0.05) is 0 Å². The molecule has 0 aromatic carbocycles. The number of rotatable bonds is 5. The van der Waals surface area contributed by atoms with Gasteiger partial charge in [-0.25, -0.2) is 0 Å². The Hall–Kier alpha value is -2.13. The molecule has 0 heterocycles. The van der Waals surface area contributed by atoms with Gasteiger partial charge in [0.25, 0.3) is 18.8 Å². The Morgan fingerprint density at radius 3 is 1.75 bits per heavy atom. The zero-order valence-corrected chi connectivity index (χ0v) is 6.06. The van der Waals surface area contributed by atoms with Gasteiger partial charge in [-0.2, -0.15) is 15.8 Å². The summed E-state index contributed by atoms with van der Waals surface area (Å²) in [5.74, 6) is 0. The first kappa shape index (κ1) is 9.87. The highest BCUT2D eigenvalue weighted by Crippen LogP contribution is 1.92. The van der Waals surface area contributed by atoms with E-state index < -0.39 is 6.10 Å². The Morgan fingerprint density at radius 2 is 1.42 bits per heavy atom. The SMILES string of the molecule is N#COCC(COC#N)OC#N. The van der Waals surface area contributed by atoms with Crippen LogP contribution < -0.4 is 0 Å². The van der Waals surface area contributed by atoms with Gasteiger partial charge in [0.15, 0.2) is 6.10 Å². The molecule has 62 valence electrons. The van der Waals surface area contributed by atoms with Crippen LogP contribution in [-0.2, 0) is 14.2 Å². The first-order valence-electron chi connectivity index (χ1n) is 2.91. The molecule has 12 heavy (non-hydrogen) atoms. The van der Waals surface area contributed by atoms with Crippen LogP contribution in [0.4, 0.5) is 0 Å². The first-order valence-corrected chi connectivity index (χ1v) is 2.91. The van der Waals surface area contributed by atoms with Crippen molar-refractivity contribution in [3.8, 4) is 18.8 Å². The molecule has 0 fully saturated rings. The summed E-state index contributed by atoms with van der Waals surface area (Å²) in [6.45, 7) is -0.211. The van der Waals surface area contributed by atoms with Gasteiger partial charge >= 0.3 is 0 Å². The topological polar surface area (TPSA) is 99.1 Å². The van der Waals surface area contributed by atoms with Crippen molar-refractivity contribution in [2.75, 3.05) is 13.2 Å². The molecule has 0 N–H and O–H groups in total. The summed E-state index contributed by atoms with van der Waals surface area (Å²) >= 11 is 0. The van der Waals surface area contributed by atoms with Crippen LogP contribution in [-0.4, -0.2) is 19.3 Å². The maximum Gasteiger partial charge on any atom is 0.286 e. The lowest BCUT2D eigenvalue weighted by Crippen LogP contribution is -2.22. The molecule has 6 nitrogen and oxygen atoms in total. The lowest BCUT2D eigenvalue weighted by Gasteiger charge is -2.08. The third-order valence-electron chi connectivity index (χ3n) is 0.887. The Bertz CT molecular complexity index is 216. The third kappa shape index (κ3) is 4.72. The monoisotopic (exact) mass is 167 g/mol. The van der Waals surface area contributed by atoms with Crippen LogP contribution in [0, 0.1) is 34.6 Å². The molecule has 0 rings (SSSR count). The van der Waals surface area contributed by atoms with Crippen LogP contribution in [0.3, 0.4) is 0 Å². The largest absolute Gasteiger partial charge is 0.423 e. The minimum absolute atomic E-state index is 0.105. The summed E-state index contributed by atoms with van der Waals surface area (Å²) in [7, 11) is 0. The molecule has 0 radical (unpaired) electrons. The highest BCUT2D eigenvalue weighted by molar-refractivity contribution is 4.66. The van der Waals surface area contributed by atoms with E-state index >= 15 is 0 Å². The summed E-state index contributed by atoms with van der Waals surface area (Å²) in [4.78, 5) is 0. The average Bonchev–Trinajstić information content (AvgIpc) is 2.10. The fourth-order valence-electron chi connectivity index (χ4n) is 0.451. The zero-order valence-electron chi connectivity index (χ0n) is 6.06. The van der Waals surface area contributed by atoms with Crippen LogP contribution in [0.15, 0.2) is 0 Å². The fourth-order valence-corrected chi connectivity index (χ4v) is 0.451. The molecule has 0 amide bonds. The van der Waals surface area contributed by atoms with Crippen molar-refractivity contribution in [1.82, 2.24) is 0 Å². The van der Waals surface area contributed by atoms with Crippen molar-refractivity contribution >= 4 is 0 Å². The summed E-state index contributed by atoms with van der Waals surface area (Å²) in [5, 5.41) is 24.1. The summed E-state index contributed by atoms with van der Waals surface area (Å²) in [5.41, 5.74) is 0. The van der Waals surface area contributed by atoms with Crippen LogP contribution in [0.1, 0.15) is 0 Å². The number of nitriles is 3. The fraction of sp³-hybridized carbons (Fsp3) is 0.500. The molecule has 0 saturated heterocycles. The minimum Gasteiger partial charge on any atom is -0.423 e. The molecule has 0 aromatic heterocycles. The van der Waals surface area contributed by atoms with E-state index in [0.29, 0.717) is 0 Å². The van der Waals surface area contributed by atoms with Gasteiger partial charge in [0.05, 0.1) is 0 Å². The Balaban J connectivity index is 3.66. The van der Waals surface area contributed by atoms with E-state index in [1.807, 2.05) is 0 Å². The summed E-state index contributed by atoms with van der Waals surface area (Å²) in [6, 6.07) is 0. The smallest absolute Gasteiger partial charge is 0.286 e. The van der Waals surface area contributed by atoms with E-state index in [4.69, 9.17) is 15.8 Å². The van der Waals surface area contributed by atoms with Crippen LogP contribution in [0.25, 0.3) is 0 Å². The highest BCUT2D eigenvalue weighted by atomic mass is 16.6. The van der Waals surface area contributed by atoms with Crippen molar-refractivity contribution in [2.24, 2.45) is 0 Å². The van der Waals surface area contributed by atoms with E-state index in [9.17, 15) is 0 Å². The third-order valence-corrected chi connectivity index (χ3v) is 0.887. The Morgan fingerprint density at radius 1 is 0.917 bits per heavy atom. The van der Waals surface area contributed by atoms with E-state index in [0.717, 1.165) is 0 Å². The number of hydrogen-bond acceptors (Lipinski definition) is 6. The van der Waals surface area contributed by atoms with E-state index in [1.165, 1.54) is 18.8 Å². The molecule has 0 aliphatic heterocycles. The van der Waals surface area contributed by atoms with Crippen molar-refractivity contribution in [3.05, 3.63) is 0 Å². The molecule has 0 saturated carbocycles. The number of nitrogens with zero attached hydrogens (tertiary/aromatic N) is 3. The molecule has 0 aliphatic rings. The normalized spacial score (nSPS) is 7.50. The van der Waals surface area contributed by atoms with Crippen LogP contribution >= 0.6 is 0 Å². The number of hydrogen-bond donors (Lipinski definition) is 0. The van der Waals surface area contributed by atoms with Gasteiger partial charge in [0.1, 0.15) is 13.2 Å². The van der Waals surface area contributed by atoms with E-state index in [1.54, 1.807) is 0 Å². The molecule has 0 aliphatic carbocycles. The number of ether oxygens (including phenoxy) is 3. The second-order valence-electron chi connectivity index (χ2n) is 1.64. The van der Waals surface area contributed by atoms with Gasteiger partial charge in [0.2, 0.25) is 0 Å². The average molecular weight is 167 g/mol. The molecule has 0 unspecified atom stereocenters. The van der Waals surface area contributed by atoms with Crippen molar-refractivity contribution in [1.29, 1.82) is 15.8 Å². The predicted octanol–water partition coefficient (Wildman–Crippen LogP) is -0.152. The van der Waals surface area contributed by atoms with Gasteiger partial charge in [-0.05, 0) is 0 Å². The molecular formula is C6H5N3O3. The van der Waals surface area contributed by atoms with Gasteiger partial charge < -0.3 is 14.2 Å². The van der Waals surface area contributed by atoms with Crippen LogP contribution in [0.2, 0.25) is 0 Å². The van der Waals surface area contributed by atoms with Crippen molar-refractivity contribution in [3.63, 3.8) is 0 Å². The minimum atomic E-state index is -0.714. The summed E-state index contributed by atoms with van der Waals surface area (Å²) < 4.78 is 13.0. The highest BCUT2D eigenvalue weighted by Gasteiger charge is 2.10. The Kier molecular flexibility index (Phi) is 5.74. The quantitative estimate of drug-likeness (QED) is 0.528. The molecular weight excluding hydrogens is 162 g/mol. The van der Waals surface area contributed by atoms with Crippen LogP contribution in [0.5, 0.6) is 0 Å². The molecule has 6 heteroatoms. The van der Waals surface area contributed by atoms with Gasteiger partial charge in [-0.3, -0.25) is 0 Å². The maximum atomic E-state index is 8.09. The maximum absolute atomic E-state index is 8.09. The lowest BCUT2D eigenvalue weighted by molar-refractivity contribution is 0.0375.